The van der Waals surface area contributed by atoms with Crippen LogP contribution in [-0.4, -0.2) is 16.5 Å². The fraction of sp³-hybridized carbons (Fsp3) is 0.188. The monoisotopic (exact) mass is 283 g/mol. The van der Waals surface area contributed by atoms with Crippen molar-refractivity contribution in [3.63, 3.8) is 0 Å². The number of benzene rings is 2. The highest BCUT2D eigenvalue weighted by molar-refractivity contribution is 6.31. The van der Waals surface area contributed by atoms with Gasteiger partial charge in [0.2, 0.25) is 0 Å². The Labute approximate surface area is 122 Å². The first kappa shape index (κ1) is 11.9. The van der Waals surface area contributed by atoms with Crippen molar-refractivity contribution in [2.75, 3.05) is 6.54 Å². The molecule has 4 rings (SSSR count). The van der Waals surface area contributed by atoms with Crippen molar-refractivity contribution in [1.29, 1.82) is 0 Å². The van der Waals surface area contributed by atoms with E-state index in [2.05, 4.69) is 33.5 Å². The van der Waals surface area contributed by atoms with Gasteiger partial charge in [-0.05, 0) is 48.4 Å². The third-order valence-corrected chi connectivity index (χ3v) is 4.05. The number of aromatic amines is 1. The second-order valence-electron chi connectivity index (χ2n) is 5.16. The number of fused-ring (bicyclic) bond motifs is 2. The smallest absolute Gasteiger partial charge is 0.138 e. The Morgan fingerprint density at radius 1 is 1.05 bits per heavy atom. The van der Waals surface area contributed by atoms with Crippen molar-refractivity contribution in [1.82, 2.24) is 15.3 Å². The fourth-order valence-electron chi connectivity index (χ4n) is 2.75. The molecule has 0 amide bonds. The summed E-state index contributed by atoms with van der Waals surface area (Å²) in [5.74, 6) is 0.899. The topological polar surface area (TPSA) is 40.7 Å². The van der Waals surface area contributed by atoms with Gasteiger partial charge in [-0.25, -0.2) is 4.98 Å². The van der Waals surface area contributed by atoms with Gasteiger partial charge in [-0.3, -0.25) is 0 Å². The van der Waals surface area contributed by atoms with Crippen LogP contribution in [0.25, 0.3) is 22.4 Å². The molecule has 0 saturated heterocycles. The van der Waals surface area contributed by atoms with Gasteiger partial charge < -0.3 is 10.3 Å². The third kappa shape index (κ3) is 1.99. The van der Waals surface area contributed by atoms with Gasteiger partial charge in [-0.1, -0.05) is 23.7 Å². The number of H-pyrrole nitrogens is 1. The second kappa shape index (κ2) is 4.62. The van der Waals surface area contributed by atoms with E-state index in [0.29, 0.717) is 0 Å². The van der Waals surface area contributed by atoms with E-state index in [1.54, 1.807) is 0 Å². The van der Waals surface area contributed by atoms with Gasteiger partial charge in [0.05, 0.1) is 11.0 Å². The standard InChI is InChI=1S/C16H14ClN3/c17-13-3-4-14-15(8-13)20-16(19-14)11-2-1-10-5-6-18-9-12(10)7-11/h1-4,7-8,18H,5-6,9H2,(H,19,20). The molecule has 0 unspecified atom stereocenters. The van der Waals surface area contributed by atoms with Gasteiger partial charge in [-0.15, -0.1) is 0 Å². The van der Waals surface area contributed by atoms with Gasteiger partial charge in [0.1, 0.15) is 5.82 Å². The van der Waals surface area contributed by atoms with Gasteiger partial charge in [0.25, 0.3) is 0 Å². The van der Waals surface area contributed by atoms with Crippen molar-refractivity contribution in [2.45, 2.75) is 13.0 Å². The molecule has 0 aliphatic carbocycles. The molecule has 1 aliphatic rings. The molecule has 1 aromatic heterocycles. The number of nitrogens with zero attached hydrogens (tertiary/aromatic N) is 1. The van der Waals surface area contributed by atoms with E-state index in [1.807, 2.05) is 18.2 Å². The zero-order valence-corrected chi connectivity index (χ0v) is 11.7. The van der Waals surface area contributed by atoms with E-state index in [0.717, 1.165) is 47.0 Å². The Bertz CT molecular complexity index is 792. The average molecular weight is 284 g/mol. The Morgan fingerprint density at radius 3 is 2.95 bits per heavy atom. The van der Waals surface area contributed by atoms with E-state index < -0.39 is 0 Å². The number of halogens is 1. The lowest BCUT2D eigenvalue weighted by Crippen LogP contribution is -2.23. The molecule has 0 spiro atoms. The molecular weight excluding hydrogens is 270 g/mol. The third-order valence-electron chi connectivity index (χ3n) is 3.81. The normalized spacial score (nSPS) is 14.4. The summed E-state index contributed by atoms with van der Waals surface area (Å²) >= 11 is 6.01. The Morgan fingerprint density at radius 2 is 2.00 bits per heavy atom. The summed E-state index contributed by atoms with van der Waals surface area (Å²) in [6.45, 7) is 2.00. The molecule has 0 atom stereocenters. The van der Waals surface area contributed by atoms with Crippen LogP contribution in [0.2, 0.25) is 5.02 Å². The molecular formula is C16H14ClN3. The molecule has 3 aromatic rings. The maximum absolute atomic E-state index is 6.01. The molecule has 0 fully saturated rings. The van der Waals surface area contributed by atoms with Crippen LogP contribution in [0, 0.1) is 0 Å². The van der Waals surface area contributed by atoms with Crippen molar-refractivity contribution in [2.24, 2.45) is 0 Å². The van der Waals surface area contributed by atoms with Crippen molar-refractivity contribution >= 4 is 22.6 Å². The first-order valence-electron chi connectivity index (χ1n) is 6.78. The van der Waals surface area contributed by atoms with Crippen LogP contribution in [0.5, 0.6) is 0 Å². The zero-order chi connectivity index (χ0) is 13.5. The lowest BCUT2D eigenvalue weighted by atomic mass is 9.98. The minimum absolute atomic E-state index is 0.724. The molecule has 2 heterocycles. The summed E-state index contributed by atoms with van der Waals surface area (Å²) < 4.78 is 0. The van der Waals surface area contributed by atoms with Crippen LogP contribution in [0.4, 0.5) is 0 Å². The lowest BCUT2D eigenvalue weighted by Gasteiger charge is -2.17. The predicted octanol–water partition coefficient (Wildman–Crippen LogP) is 3.53. The first-order chi connectivity index (χ1) is 9.79. The van der Waals surface area contributed by atoms with Crippen LogP contribution in [0.15, 0.2) is 36.4 Å². The van der Waals surface area contributed by atoms with E-state index >= 15 is 0 Å². The number of rotatable bonds is 1. The Kier molecular flexibility index (Phi) is 2.76. The Hall–Kier alpha value is -1.84. The van der Waals surface area contributed by atoms with Crippen LogP contribution in [-0.2, 0) is 13.0 Å². The average Bonchev–Trinajstić information content (AvgIpc) is 2.89. The SMILES string of the molecule is Clc1ccc2nc(-c3ccc4c(c3)CNCC4)[nH]c2c1. The quantitative estimate of drug-likeness (QED) is 0.717. The summed E-state index contributed by atoms with van der Waals surface area (Å²) in [5.41, 5.74) is 5.85. The summed E-state index contributed by atoms with van der Waals surface area (Å²) in [6, 6.07) is 12.3. The van der Waals surface area contributed by atoms with Gasteiger partial charge in [0, 0.05) is 17.1 Å². The summed E-state index contributed by atoms with van der Waals surface area (Å²) in [7, 11) is 0. The highest BCUT2D eigenvalue weighted by atomic mass is 35.5. The number of imidazole rings is 1. The number of hydrogen-bond acceptors (Lipinski definition) is 2. The Balaban J connectivity index is 1.82. The molecule has 1 aliphatic heterocycles. The van der Waals surface area contributed by atoms with Crippen molar-refractivity contribution < 1.29 is 0 Å². The minimum atomic E-state index is 0.724. The summed E-state index contributed by atoms with van der Waals surface area (Å²) in [5, 5.41) is 4.13. The van der Waals surface area contributed by atoms with E-state index in [4.69, 9.17) is 11.6 Å². The van der Waals surface area contributed by atoms with Crippen LogP contribution >= 0.6 is 11.6 Å². The molecule has 0 saturated carbocycles. The van der Waals surface area contributed by atoms with E-state index in [-0.39, 0.29) is 0 Å². The highest BCUT2D eigenvalue weighted by Gasteiger charge is 2.11. The lowest BCUT2D eigenvalue weighted by molar-refractivity contribution is 0.644. The fourth-order valence-corrected chi connectivity index (χ4v) is 2.92. The number of aromatic nitrogens is 2. The van der Waals surface area contributed by atoms with E-state index in [1.165, 1.54) is 11.1 Å². The minimum Gasteiger partial charge on any atom is -0.338 e. The molecule has 4 heteroatoms. The van der Waals surface area contributed by atoms with Gasteiger partial charge in [0.15, 0.2) is 0 Å². The maximum Gasteiger partial charge on any atom is 0.138 e. The molecule has 20 heavy (non-hydrogen) atoms. The van der Waals surface area contributed by atoms with Gasteiger partial charge >= 0.3 is 0 Å². The maximum atomic E-state index is 6.01. The highest BCUT2D eigenvalue weighted by Crippen LogP contribution is 2.25. The number of hydrogen-bond donors (Lipinski definition) is 2. The molecule has 0 bridgehead atoms. The molecule has 0 radical (unpaired) electrons. The largest absolute Gasteiger partial charge is 0.338 e. The molecule has 100 valence electrons. The molecule has 3 nitrogen and oxygen atoms in total. The van der Waals surface area contributed by atoms with Crippen LogP contribution < -0.4 is 5.32 Å². The number of nitrogens with one attached hydrogen (secondary N) is 2. The summed E-state index contributed by atoms with van der Waals surface area (Å²) in [4.78, 5) is 7.98. The molecule has 2 aromatic carbocycles. The van der Waals surface area contributed by atoms with Crippen LogP contribution in [0.1, 0.15) is 11.1 Å². The van der Waals surface area contributed by atoms with Crippen molar-refractivity contribution in [3.8, 4) is 11.4 Å². The first-order valence-corrected chi connectivity index (χ1v) is 7.15. The second-order valence-corrected chi connectivity index (χ2v) is 5.59. The van der Waals surface area contributed by atoms with Crippen LogP contribution in [0.3, 0.4) is 0 Å². The summed E-state index contributed by atoms with van der Waals surface area (Å²) in [6.07, 6.45) is 1.10. The van der Waals surface area contributed by atoms with Crippen molar-refractivity contribution in [3.05, 3.63) is 52.5 Å². The van der Waals surface area contributed by atoms with Gasteiger partial charge in [-0.2, -0.15) is 0 Å². The molecule has 2 N–H and O–H groups in total. The van der Waals surface area contributed by atoms with E-state index in [9.17, 15) is 0 Å². The zero-order valence-electron chi connectivity index (χ0n) is 10.9. The predicted molar refractivity (Wildman–Crippen MR) is 82.0 cm³/mol.